The lowest BCUT2D eigenvalue weighted by Gasteiger charge is -1.93. The molecule has 0 aliphatic carbocycles. The Hall–Kier alpha value is -1.31. The molecule has 3 rings (SSSR count). The van der Waals surface area contributed by atoms with Gasteiger partial charge in [0.25, 0.3) is 5.56 Å². The van der Waals surface area contributed by atoms with E-state index in [2.05, 4.69) is 30.9 Å². The molecule has 3 aromatic heterocycles. The van der Waals surface area contributed by atoms with Gasteiger partial charge in [0.1, 0.15) is 10.7 Å². The van der Waals surface area contributed by atoms with Crippen LogP contribution in [0.5, 0.6) is 0 Å². The highest BCUT2D eigenvalue weighted by atomic mass is 79.9. The van der Waals surface area contributed by atoms with Crippen LogP contribution in [0.15, 0.2) is 26.4 Å². The third-order valence-corrected chi connectivity index (χ3v) is 4.52. The lowest BCUT2D eigenvalue weighted by molar-refractivity contribution is 1.15. The van der Waals surface area contributed by atoms with Gasteiger partial charge in [-0.25, -0.2) is 4.98 Å². The molecule has 0 aromatic carbocycles. The Morgan fingerprint density at radius 3 is 3.06 bits per heavy atom. The Labute approximate surface area is 118 Å². The predicted molar refractivity (Wildman–Crippen MR) is 79.0 cm³/mol. The largest absolute Gasteiger partial charge is 0.306 e. The molecule has 3 heterocycles. The first-order valence-corrected chi connectivity index (χ1v) is 7.47. The summed E-state index contributed by atoms with van der Waals surface area (Å²) in [5.41, 5.74) is 1.64. The van der Waals surface area contributed by atoms with Crippen molar-refractivity contribution in [2.45, 2.75) is 0 Å². The molecule has 0 unspecified atom stereocenters. The number of nitrogens with one attached hydrogen (secondary N) is 1. The van der Waals surface area contributed by atoms with Gasteiger partial charge in [0.2, 0.25) is 0 Å². The van der Waals surface area contributed by atoms with Crippen LogP contribution in [0.1, 0.15) is 10.7 Å². The second-order valence-electron chi connectivity index (χ2n) is 3.46. The van der Waals surface area contributed by atoms with Gasteiger partial charge in [-0.15, -0.1) is 22.7 Å². The van der Waals surface area contributed by atoms with Gasteiger partial charge in [-0.05, 0) is 34.1 Å². The second-order valence-corrected chi connectivity index (χ2v) is 6.79. The molecule has 0 amide bonds. The molecule has 90 valence electrons. The number of H-pyrrole nitrogens is 1. The first kappa shape index (κ1) is 11.8. The number of thiazole rings is 1. The Morgan fingerprint density at radius 2 is 2.28 bits per heavy atom. The summed E-state index contributed by atoms with van der Waals surface area (Å²) >= 11 is 6.33. The Bertz CT molecular complexity index is 773. The lowest BCUT2D eigenvalue weighted by Crippen LogP contribution is -2.07. The summed E-state index contributed by atoms with van der Waals surface area (Å²) in [6.45, 7) is 0. The molecule has 0 saturated carbocycles. The molecule has 7 heteroatoms. The van der Waals surface area contributed by atoms with E-state index in [0.717, 1.165) is 13.5 Å². The highest BCUT2D eigenvalue weighted by Gasteiger charge is 2.06. The molecule has 18 heavy (non-hydrogen) atoms. The molecule has 3 aromatic rings. The van der Waals surface area contributed by atoms with Crippen LogP contribution >= 0.6 is 38.6 Å². The Morgan fingerprint density at radius 1 is 1.39 bits per heavy atom. The van der Waals surface area contributed by atoms with Gasteiger partial charge in [-0.2, -0.15) is 0 Å². The van der Waals surface area contributed by atoms with Crippen LogP contribution in [0, 0.1) is 0 Å². The van der Waals surface area contributed by atoms with Crippen LogP contribution in [0.25, 0.3) is 22.4 Å². The van der Waals surface area contributed by atoms with E-state index in [4.69, 9.17) is 0 Å². The molecule has 0 aliphatic rings. The summed E-state index contributed by atoms with van der Waals surface area (Å²) in [5, 5.41) is 0.613. The van der Waals surface area contributed by atoms with E-state index in [9.17, 15) is 4.79 Å². The number of hydrogen-bond donors (Lipinski definition) is 1. The number of aromatic nitrogens is 3. The van der Waals surface area contributed by atoms with Crippen LogP contribution in [0.3, 0.4) is 0 Å². The van der Waals surface area contributed by atoms with E-state index in [1.807, 2.05) is 6.08 Å². The second kappa shape index (κ2) is 4.75. The van der Waals surface area contributed by atoms with Crippen molar-refractivity contribution in [3.8, 4) is 0 Å². The molecule has 0 saturated heterocycles. The third-order valence-electron chi connectivity index (χ3n) is 2.25. The Kier molecular flexibility index (Phi) is 3.11. The van der Waals surface area contributed by atoms with Crippen molar-refractivity contribution in [1.82, 2.24) is 15.0 Å². The van der Waals surface area contributed by atoms with Gasteiger partial charge in [-0.1, -0.05) is 0 Å². The summed E-state index contributed by atoms with van der Waals surface area (Å²) < 4.78 is 0.902. The molecule has 4 nitrogen and oxygen atoms in total. The summed E-state index contributed by atoms with van der Waals surface area (Å²) in [6.07, 6.45) is 5.42. The quantitative estimate of drug-likeness (QED) is 0.778. The Balaban J connectivity index is 2.05. The average Bonchev–Trinajstić information content (AvgIpc) is 2.94. The molecule has 0 spiro atoms. The summed E-state index contributed by atoms with van der Waals surface area (Å²) in [6, 6.07) is 1.78. The standard InChI is InChI=1S/C11H6BrN3OS2/c12-8-3-7-10(16)14-9(15-11(7)18-8)2-1-6-4-13-5-17-6/h1-5H,(H,14,15,16). The summed E-state index contributed by atoms with van der Waals surface area (Å²) in [5.74, 6) is 0.551. The SMILES string of the molecule is O=c1[nH]c(C=Cc2cncs2)nc2sc(Br)cc12. The van der Waals surface area contributed by atoms with Crippen molar-refractivity contribution in [1.29, 1.82) is 0 Å². The molecule has 0 atom stereocenters. The van der Waals surface area contributed by atoms with Crippen molar-refractivity contribution in [3.63, 3.8) is 0 Å². The van der Waals surface area contributed by atoms with E-state index in [1.54, 1.807) is 23.8 Å². The van der Waals surface area contributed by atoms with Crippen molar-refractivity contribution >= 4 is 61.0 Å². The minimum absolute atomic E-state index is 0.120. The smallest absolute Gasteiger partial charge is 0.259 e. The first-order chi connectivity index (χ1) is 8.72. The normalized spacial score (nSPS) is 11.6. The molecule has 1 N–H and O–H groups in total. The zero-order valence-corrected chi connectivity index (χ0v) is 12.1. The number of rotatable bonds is 2. The van der Waals surface area contributed by atoms with Gasteiger partial charge in [0, 0.05) is 11.1 Å². The highest BCUT2D eigenvalue weighted by Crippen LogP contribution is 2.25. The van der Waals surface area contributed by atoms with Gasteiger partial charge in [0.15, 0.2) is 0 Å². The maximum Gasteiger partial charge on any atom is 0.259 e. The van der Waals surface area contributed by atoms with Crippen molar-refractivity contribution in [2.75, 3.05) is 0 Å². The number of aromatic amines is 1. The fourth-order valence-corrected chi connectivity index (χ4v) is 3.43. The third kappa shape index (κ3) is 2.29. The molecular formula is C11H6BrN3OS2. The van der Waals surface area contributed by atoms with Gasteiger partial charge < -0.3 is 4.98 Å². The zero-order valence-electron chi connectivity index (χ0n) is 8.88. The fraction of sp³-hybridized carbons (Fsp3) is 0. The van der Waals surface area contributed by atoms with Crippen molar-refractivity contribution in [3.05, 3.63) is 42.6 Å². The lowest BCUT2D eigenvalue weighted by atomic mass is 10.4. The number of nitrogens with zero attached hydrogens (tertiary/aromatic N) is 2. The minimum atomic E-state index is -0.120. The first-order valence-electron chi connectivity index (χ1n) is 4.98. The molecule has 0 radical (unpaired) electrons. The van der Waals surface area contributed by atoms with E-state index in [0.29, 0.717) is 11.2 Å². The number of halogens is 1. The fourth-order valence-electron chi connectivity index (χ4n) is 1.47. The van der Waals surface area contributed by atoms with Crippen LogP contribution in [-0.2, 0) is 0 Å². The maximum absolute atomic E-state index is 11.8. The zero-order chi connectivity index (χ0) is 12.5. The van der Waals surface area contributed by atoms with E-state index >= 15 is 0 Å². The molecular weight excluding hydrogens is 334 g/mol. The highest BCUT2D eigenvalue weighted by molar-refractivity contribution is 9.11. The molecule has 0 fully saturated rings. The van der Waals surface area contributed by atoms with Gasteiger partial charge in [-0.3, -0.25) is 9.78 Å². The summed E-state index contributed by atoms with van der Waals surface area (Å²) in [7, 11) is 0. The average molecular weight is 340 g/mol. The van der Waals surface area contributed by atoms with E-state index < -0.39 is 0 Å². The van der Waals surface area contributed by atoms with Gasteiger partial charge >= 0.3 is 0 Å². The van der Waals surface area contributed by atoms with Gasteiger partial charge in [0.05, 0.1) is 14.7 Å². The van der Waals surface area contributed by atoms with E-state index in [1.165, 1.54) is 22.7 Å². The molecule has 0 aliphatic heterocycles. The van der Waals surface area contributed by atoms with Crippen LogP contribution in [0.4, 0.5) is 0 Å². The number of hydrogen-bond acceptors (Lipinski definition) is 5. The molecule has 0 bridgehead atoms. The topological polar surface area (TPSA) is 58.6 Å². The number of fused-ring (bicyclic) bond motifs is 1. The van der Waals surface area contributed by atoms with E-state index in [-0.39, 0.29) is 5.56 Å². The maximum atomic E-state index is 11.8. The van der Waals surface area contributed by atoms with Crippen molar-refractivity contribution in [2.24, 2.45) is 0 Å². The minimum Gasteiger partial charge on any atom is -0.306 e. The number of thiophene rings is 1. The van der Waals surface area contributed by atoms with Crippen LogP contribution in [0.2, 0.25) is 0 Å². The van der Waals surface area contributed by atoms with Crippen LogP contribution in [-0.4, -0.2) is 15.0 Å². The predicted octanol–water partition coefficient (Wildman–Crippen LogP) is 3.37. The van der Waals surface area contributed by atoms with Crippen molar-refractivity contribution < 1.29 is 0 Å². The van der Waals surface area contributed by atoms with Crippen LogP contribution < -0.4 is 5.56 Å². The monoisotopic (exact) mass is 339 g/mol. The summed E-state index contributed by atoms with van der Waals surface area (Å²) in [4.78, 5) is 24.7.